The maximum Gasteiger partial charge on any atom is 0.264 e. The molecule has 6 heteroatoms. The molecule has 1 amide bonds. The summed E-state index contributed by atoms with van der Waals surface area (Å²) in [5.41, 5.74) is 1.63. The average Bonchev–Trinajstić information content (AvgIpc) is 3.32. The minimum Gasteiger partial charge on any atom is -0.493 e. The molecule has 1 N–H and O–H groups in total. The van der Waals surface area contributed by atoms with Crippen molar-refractivity contribution < 1.29 is 17.9 Å². The SMILES string of the molecule is CS(=O)(=O)NC(=O)c1ccc(OC[C@@H]2C[C@H]2c2ccccc2)cc1. The van der Waals surface area contributed by atoms with E-state index in [2.05, 4.69) is 12.1 Å². The van der Waals surface area contributed by atoms with Crippen LogP contribution in [0, 0.1) is 5.92 Å². The largest absolute Gasteiger partial charge is 0.493 e. The number of rotatable bonds is 6. The van der Waals surface area contributed by atoms with E-state index in [4.69, 9.17) is 4.74 Å². The molecule has 0 heterocycles. The van der Waals surface area contributed by atoms with Crippen molar-refractivity contribution in [2.45, 2.75) is 12.3 Å². The first-order valence-corrected chi connectivity index (χ1v) is 9.61. The van der Waals surface area contributed by atoms with Crippen LogP contribution in [0.3, 0.4) is 0 Å². The highest BCUT2D eigenvalue weighted by Gasteiger charge is 2.38. The Morgan fingerprint density at radius 3 is 2.42 bits per heavy atom. The summed E-state index contributed by atoms with van der Waals surface area (Å²) in [6, 6.07) is 16.8. The predicted octanol–water partition coefficient (Wildman–Crippen LogP) is 2.56. The van der Waals surface area contributed by atoms with Crippen LogP contribution in [-0.4, -0.2) is 27.2 Å². The summed E-state index contributed by atoms with van der Waals surface area (Å²) in [5, 5.41) is 0. The highest BCUT2D eigenvalue weighted by atomic mass is 32.2. The molecule has 24 heavy (non-hydrogen) atoms. The zero-order chi connectivity index (χ0) is 17.2. The van der Waals surface area contributed by atoms with Crippen molar-refractivity contribution in [3.8, 4) is 5.75 Å². The third-order valence-corrected chi connectivity index (χ3v) is 4.57. The van der Waals surface area contributed by atoms with Gasteiger partial charge in [0, 0.05) is 11.5 Å². The van der Waals surface area contributed by atoms with Gasteiger partial charge in [-0.25, -0.2) is 13.1 Å². The Balaban J connectivity index is 1.52. The molecule has 5 nitrogen and oxygen atoms in total. The fraction of sp³-hybridized carbons (Fsp3) is 0.278. The van der Waals surface area contributed by atoms with Crippen molar-refractivity contribution in [1.29, 1.82) is 0 Å². The summed E-state index contributed by atoms with van der Waals surface area (Å²) >= 11 is 0. The van der Waals surface area contributed by atoms with Crippen LogP contribution in [0.5, 0.6) is 5.75 Å². The fourth-order valence-electron chi connectivity index (χ4n) is 2.67. The Morgan fingerprint density at radius 2 is 1.79 bits per heavy atom. The van der Waals surface area contributed by atoms with E-state index in [0.29, 0.717) is 24.2 Å². The molecule has 126 valence electrons. The van der Waals surface area contributed by atoms with Crippen molar-refractivity contribution >= 4 is 15.9 Å². The van der Waals surface area contributed by atoms with Crippen molar-refractivity contribution in [2.24, 2.45) is 5.92 Å². The minimum atomic E-state index is -3.56. The Hall–Kier alpha value is -2.34. The number of carbonyl (C=O) groups is 1. The van der Waals surface area contributed by atoms with E-state index in [1.807, 2.05) is 22.9 Å². The molecule has 0 aliphatic heterocycles. The van der Waals surface area contributed by atoms with Crippen LogP contribution in [0.4, 0.5) is 0 Å². The molecule has 0 unspecified atom stereocenters. The van der Waals surface area contributed by atoms with Crippen LogP contribution in [0.1, 0.15) is 28.3 Å². The number of nitrogens with one attached hydrogen (secondary N) is 1. The summed E-state index contributed by atoms with van der Waals surface area (Å²) in [4.78, 5) is 11.7. The van der Waals surface area contributed by atoms with Crippen LogP contribution < -0.4 is 9.46 Å². The summed E-state index contributed by atoms with van der Waals surface area (Å²) in [6.07, 6.45) is 2.07. The molecule has 1 aliphatic rings. The fourth-order valence-corrected chi connectivity index (χ4v) is 3.13. The molecule has 0 radical (unpaired) electrons. The lowest BCUT2D eigenvalue weighted by Gasteiger charge is -2.07. The molecular formula is C18H19NO4S. The number of sulfonamides is 1. The summed E-state index contributed by atoms with van der Waals surface area (Å²) in [5.74, 6) is 1.10. The van der Waals surface area contributed by atoms with Gasteiger partial charge in [-0.1, -0.05) is 30.3 Å². The number of ether oxygens (including phenoxy) is 1. The van der Waals surface area contributed by atoms with E-state index in [-0.39, 0.29) is 5.56 Å². The second kappa shape index (κ2) is 6.65. The first-order valence-electron chi connectivity index (χ1n) is 7.72. The molecule has 2 atom stereocenters. The average molecular weight is 345 g/mol. The van der Waals surface area contributed by atoms with Crippen LogP contribution >= 0.6 is 0 Å². The van der Waals surface area contributed by atoms with Gasteiger partial charge in [0.1, 0.15) is 5.75 Å². The smallest absolute Gasteiger partial charge is 0.264 e. The second-order valence-corrected chi connectivity index (χ2v) is 7.80. The quantitative estimate of drug-likeness (QED) is 0.873. The van der Waals surface area contributed by atoms with Crippen LogP contribution in [-0.2, 0) is 10.0 Å². The highest BCUT2D eigenvalue weighted by Crippen LogP contribution is 2.47. The Morgan fingerprint density at radius 1 is 1.12 bits per heavy atom. The molecule has 1 saturated carbocycles. The van der Waals surface area contributed by atoms with Gasteiger partial charge in [0.25, 0.3) is 5.91 Å². The van der Waals surface area contributed by atoms with Crippen LogP contribution in [0.15, 0.2) is 54.6 Å². The monoisotopic (exact) mass is 345 g/mol. The Bertz CT molecular complexity index is 816. The van der Waals surface area contributed by atoms with Gasteiger partial charge in [-0.05, 0) is 42.2 Å². The summed E-state index contributed by atoms with van der Waals surface area (Å²) in [7, 11) is -3.56. The van der Waals surface area contributed by atoms with Gasteiger partial charge in [0.2, 0.25) is 10.0 Å². The molecule has 0 aromatic heterocycles. The number of hydrogen-bond acceptors (Lipinski definition) is 4. The molecule has 3 rings (SSSR count). The predicted molar refractivity (Wildman–Crippen MR) is 91.5 cm³/mol. The molecule has 0 spiro atoms. The first-order chi connectivity index (χ1) is 11.4. The molecule has 0 bridgehead atoms. The molecule has 2 aromatic carbocycles. The third kappa shape index (κ3) is 4.35. The maximum atomic E-state index is 11.7. The molecular weight excluding hydrogens is 326 g/mol. The van der Waals surface area contributed by atoms with Crippen molar-refractivity contribution in [3.05, 3.63) is 65.7 Å². The van der Waals surface area contributed by atoms with Gasteiger partial charge in [0.15, 0.2) is 0 Å². The van der Waals surface area contributed by atoms with Gasteiger partial charge in [-0.3, -0.25) is 4.79 Å². The number of carbonyl (C=O) groups excluding carboxylic acids is 1. The molecule has 0 saturated heterocycles. The lowest BCUT2D eigenvalue weighted by molar-refractivity contribution is 0.0981. The number of amides is 1. The Kier molecular flexibility index (Phi) is 4.57. The zero-order valence-electron chi connectivity index (χ0n) is 13.3. The van der Waals surface area contributed by atoms with E-state index >= 15 is 0 Å². The standard InChI is InChI=1S/C18H19NO4S/c1-24(21,22)19-18(20)14-7-9-16(10-8-14)23-12-15-11-17(15)13-5-3-2-4-6-13/h2-10,15,17H,11-12H2,1H3,(H,19,20)/t15-,17-/m0/s1. The van der Waals surface area contributed by atoms with Gasteiger partial charge in [-0.15, -0.1) is 0 Å². The summed E-state index contributed by atoms with van der Waals surface area (Å²) in [6.45, 7) is 0.633. The van der Waals surface area contributed by atoms with E-state index in [1.54, 1.807) is 24.3 Å². The maximum absolute atomic E-state index is 11.7. The van der Waals surface area contributed by atoms with E-state index in [9.17, 15) is 13.2 Å². The lowest BCUT2D eigenvalue weighted by Crippen LogP contribution is -2.29. The number of hydrogen-bond donors (Lipinski definition) is 1. The highest BCUT2D eigenvalue weighted by molar-refractivity contribution is 7.89. The van der Waals surface area contributed by atoms with Gasteiger partial charge in [0.05, 0.1) is 12.9 Å². The zero-order valence-corrected chi connectivity index (χ0v) is 14.1. The molecule has 2 aromatic rings. The van der Waals surface area contributed by atoms with Crippen molar-refractivity contribution in [3.63, 3.8) is 0 Å². The van der Waals surface area contributed by atoms with Crippen molar-refractivity contribution in [2.75, 3.05) is 12.9 Å². The van der Waals surface area contributed by atoms with E-state index < -0.39 is 15.9 Å². The van der Waals surface area contributed by atoms with Crippen LogP contribution in [0.25, 0.3) is 0 Å². The van der Waals surface area contributed by atoms with E-state index in [0.717, 1.165) is 12.7 Å². The molecule has 1 fully saturated rings. The normalized spacial score (nSPS) is 19.5. The first kappa shape index (κ1) is 16.5. The third-order valence-electron chi connectivity index (χ3n) is 4.01. The summed E-state index contributed by atoms with van der Waals surface area (Å²) < 4.78 is 29.8. The van der Waals surface area contributed by atoms with Gasteiger partial charge < -0.3 is 4.74 Å². The van der Waals surface area contributed by atoms with Gasteiger partial charge in [-0.2, -0.15) is 0 Å². The number of benzene rings is 2. The topological polar surface area (TPSA) is 72.5 Å². The Labute approximate surface area is 141 Å². The minimum absolute atomic E-state index is 0.279. The second-order valence-electron chi connectivity index (χ2n) is 6.05. The van der Waals surface area contributed by atoms with E-state index in [1.165, 1.54) is 5.56 Å². The van der Waals surface area contributed by atoms with Crippen molar-refractivity contribution in [1.82, 2.24) is 4.72 Å². The van der Waals surface area contributed by atoms with Crippen LogP contribution in [0.2, 0.25) is 0 Å². The molecule has 1 aliphatic carbocycles. The lowest BCUT2D eigenvalue weighted by atomic mass is 10.1. The van der Waals surface area contributed by atoms with Gasteiger partial charge >= 0.3 is 0 Å².